The van der Waals surface area contributed by atoms with Crippen LogP contribution in [-0.2, 0) is 14.4 Å². The molecule has 4 aliphatic rings. The van der Waals surface area contributed by atoms with Crippen molar-refractivity contribution in [1.29, 1.82) is 0 Å². The van der Waals surface area contributed by atoms with Gasteiger partial charge in [0.05, 0.1) is 13.2 Å². The maximum Gasteiger partial charge on any atom is 0.330 e. The lowest BCUT2D eigenvalue weighted by Gasteiger charge is -2.30. The van der Waals surface area contributed by atoms with Gasteiger partial charge in [-0.15, -0.1) is 16.4 Å². The van der Waals surface area contributed by atoms with Crippen molar-refractivity contribution in [2.24, 2.45) is 5.92 Å². The van der Waals surface area contributed by atoms with E-state index in [1.807, 2.05) is 41.8 Å². The smallest absolute Gasteiger partial charge is 0.330 e. The number of fused-ring (bicyclic) bond motifs is 2. The monoisotopic (exact) mass is 702 g/mol. The number of amides is 4. The molecule has 1 aromatic carbocycles. The Hall–Kier alpha value is -4.79. The molecule has 2 aromatic heterocycles. The van der Waals surface area contributed by atoms with Gasteiger partial charge < -0.3 is 30.3 Å². The molecule has 0 spiro atoms. The highest BCUT2D eigenvalue weighted by atomic mass is 32.1. The summed E-state index contributed by atoms with van der Waals surface area (Å²) < 4.78 is 5.34. The van der Waals surface area contributed by atoms with Gasteiger partial charge in [-0.3, -0.25) is 9.59 Å². The number of rotatable bonds is 6. The predicted octanol–water partition coefficient (Wildman–Crippen LogP) is 3.87. The first kappa shape index (κ1) is 33.7. The second kappa shape index (κ2) is 14.2. The average molecular weight is 703 g/mol. The number of thiazole rings is 1. The Bertz CT molecular complexity index is 1750. The number of methoxy groups -OCH3 is 1. The number of aromatic nitrogens is 4. The number of carbonyl (C=O) groups excluding carboxylic acids is 3. The summed E-state index contributed by atoms with van der Waals surface area (Å²) in [6, 6.07) is 4.82. The summed E-state index contributed by atoms with van der Waals surface area (Å²) in [5, 5.41) is 28.3. The standard InChI is InChI=1S/C35H42N8O6S/c1-49-25-13-11-22(12-14-25)28-29(31-36-15-18-50-31)40-43(39-28)24-19-27-30(44)38-35(33(46)47)20-23(35)9-5-3-2-4-6-10-26(32(45)42(27)21-24)37-34(48)41-16-7-8-17-41/h5,9,11-15,18,23-24,26-27H,2-4,6-8,10,16-17,19-21H2,1H3,(H,37,48)(H,38,44)(H,46,47)/b9-5-/t23?,24-,26?,27?,35?/m1/s1. The van der Waals surface area contributed by atoms with Crippen molar-refractivity contribution in [1.82, 2.24) is 40.4 Å². The van der Waals surface area contributed by atoms with Crippen LogP contribution in [0.15, 0.2) is 48.0 Å². The van der Waals surface area contributed by atoms with E-state index in [0.29, 0.717) is 48.1 Å². The molecule has 1 aliphatic carbocycles. The van der Waals surface area contributed by atoms with E-state index in [2.05, 4.69) is 15.6 Å². The summed E-state index contributed by atoms with van der Waals surface area (Å²) in [5.41, 5.74) is 0.535. The van der Waals surface area contributed by atoms with Gasteiger partial charge in [-0.25, -0.2) is 14.6 Å². The number of carbonyl (C=O) groups is 4. The van der Waals surface area contributed by atoms with E-state index in [4.69, 9.17) is 14.9 Å². The van der Waals surface area contributed by atoms with Crippen molar-refractivity contribution >= 4 is 35.2 Å². The molecular formula is C35H42N8O6S. The quantitative estimate of drug-likeness (QED) is 0.323. The minimum atomic E-state index is -1.42. The largest absolute Gasteiger partial charge is 0.497 e. The third kappa shape index (κ3) is 6.70. The zero-order chi connectivity index (χ0) is 34.8. The van der Waals surface area contributed by atoms with Gasteiger partial charge in [0.25, 0.3) is 0 Å². The van der Waals surface area contributed by atoms with Crippen molar-refractivity contribution in [2.75, 3.05) is 26.7 Å². The van der Waals surface area contributed by atoms with Crippen molar-refractivity contribution < 1.29 is 29.0 Å². The highest BCUT2D eigenvalue weighted by molar-refractivity contribution is 7.13. The lowest BCUT2D eigenvalue weighted by atomic mass is 10.0. The number of likely N-dealkylation sites (tertiary alicyclic amines) is 1. The molecule has 50 heavy (non-hydrogen) atoms. The molecule has 14 nitrogen and oxygen atoms in total. The van der Waals surface area contributed by atoms with Gasteiger partial charge in [0.1, 0.15) is 39.8 Å². The van der Waals surface area contributed by atoms with E-state index in [-0.39, 0.29) is 37.2 Å². The second-order valence-electron chi connectivity index (χ2n) is 13.5. The third-order valence-electron chi connectivity index (χ3n) is 10.3. The summed E-state index contributed by atoms with van der Waals surface area (Å²) in [6.07, 6.45) is 11.5. The van der Waals surface area contributed by atoms with Crippen molar-refractivity contribution in [3.63, 3.8) is 0 Å². The number of carboxylic acid groups (broad SMARTS) is 1. The fraction of sp³-hybridized carbons (Fsp3) is 0.514. The fourth-order valence-corrected chi connectivity index (χ4v) is 7.94. The molecule has 3 aromatic rings. The highest BCUT2D eigenvalue weighted by Crippen LogP contribution is 2.46. The lowest BCUT2D eigenvalue weighted by Crippen LogP contribution is -2.57. The fourth-order valence-electron chi connectivity index (χ4n) is 7.32. The van der Waals surface area contributed by atoms with Crippen molar-refractivity contribution in [3.05, 3.63) is 48.0 Å². The Morgan fingerprint density at radius 1 is 1.06 bits per heavy atom. The zero-order valence-electron chi connectivity index (χ0n) is 28.0. The topological polar surface area (TPSA) is 172 Å². The van der Waals surface area contributed by atoms with Gasteiger partial charge in [0.15, 0.2) is 0 Å². The predicted molar refractivity (Wildman–Crippen MR) is 184 cm³/mol. The molecule has 15 heteroatoms. The first-order valence-corrected chi connectivity index (χ1v) is 18.2. The van der Waals surface area contributed by atoms with E-state index in [1.54, 1.807) is 23.0 Å². The van der Waals surface area contributed by atoms with Gasteiger partial charge in [-0.1, -0.05) is 25.0 Å². The minimum absolute atomic E-state index is 0.102. The van der Waals surface area contributed by atoms with Crippen LogP contribution in [0.4, 0.5) is 4.79 Å². The summed E-state index contributed by atoms with van der Waals surface area (Å²) in [5.74, 6) is -1.64. The molecule has 3 N–H and O–H groups in total. The maximum atomic E-state index is 14.5. The van der Waals surface area contributed by atoms with E-state index in [0.717, 1.165) is 37.7 Å². The Morgan fingerprint density at radius 2 is 1.84 bits per heavy atom. The molecule has 0 radical (unpaired) electrons. The summed E-state index contributed by atoms with van der Waals surface area (Å²) >= 11 is 1.43. The molecule has 1 saturated carbocycles. The summed E-state index contributed by atoms with van der Waals surface area (Å²) in [6.45, 7) is 1.37. The van der Waals surface area contributed by atoms with Crippen LogP contribution in [0.2, 0.25) is 0 Å². The number of ether oxygens (including phenoxy) is 1. The zero-order valence-corrected chi connectivity index (χ0v) is 28.8. The minimum Gasteiger partial charge on any atom is -0.497 e. The first-order chi connectivity index (χ1) is 24.3. The lowest BCUT2D eigenvalue weighted by molar-refractivity contribution is -0.145. The molecule has 0 bridgehead atoms. The SMILES string of the molecule is COc1ccc(-c2nn([C@@H]3CC4C(=O)NC5(C(=O)O)CC5/C=C\CCCCCC(NC(=O)N5CCCC5)C(=O)N4C3)nc2-c2nccs2)cc1. The number of carboxylic acids is 1. The molecular weight excluding hydrogens is 661 g/mol. The summed E-state index contributed by atoms with van der Waals surface area (Å²) in [4.78, 5) is 63.7. The number of nitrogens with zero attached hydrogens (tertiary/aromatic N) is 6. The van der Waals surface area contributed by atoms with Crippen LogP contribution in [-0.4, -0.2) is 103 Å². The van der Waals surface area contributed by atoms with Crippen LogP contribution in [0.1, 0.15) is 63.8 Å². The van der Waals surface area contributed by atoms with E-state index >= 15 is 0 Å². The van der Waals surface area contributed by atoms with Crippen molar-refractivity contribution in [3.8, 4) is 27.7 Å². The van der Waals surface area contributed by atoms with Gasteiger partial charge in [-0.05, 0) is 62.8 Å². The molecule has 3 aliphatic heterocycles. The van der Waals surface area contributed by atoms with Crippen LogP contribution < -0.4 is 15.4 Å². The second-order valence-corrected chi connectivity index (χ2v) is 14.4. The molecule has 3 fully saturated rings. The van der Waals surface area contributed by atoms with Crippen LogP contribution >= 0.6 is 11.3 Å². The van der Waals surface area contributed by atoms with Gasteiger partial charge >= 0.3 is 12.0 Å². The van der Waals surface area contributed by atoms with E-state index in [9.17, 15) is 24.3 Å². The van der Waals surface area contributed by atoms with Gasteiger partial charge in [-0.2, -0.15) is 9.90 Å². The molecule has 264 valence electrons. The number of hydrogen-bond donors (Lipinski definition) is 3. The Labute approximate surface area is 293 Å². The molecule has 5 heterocycles. The number of urea groups is 1. The number of aliphatic carboxylic acids is 1. The Kier molecular flexibility index (Phi) is 9.58. The van der Waals surface area contributed by atoms with Crippen LogP contribution in [0.3, 0.4) is 0 Å². The molecule has 4 unspecified atom stereocenters. The van der Waals surface area contributed by atoms with Crippen LogP contribution in [0, 0.1) is 5.92 Å². The molecule has 7 rings (SSSR count). The van der Waals surface area contributed by atoms with E-state index in [1.165, 1.54) is 16.2 Å². The van der Waals surface area contributed by atoms with Crippen molar-refractivity contribution in [2.45, 2.75) is 81.5 Å². The Balaban J connectivity index is 1.23. The maximum absolute atomic E-state index is 14.5. The number of nitrogens with one attached hydrogen (secondary N) is 2. The van der Waals surface area contributed by atoms with Gasteiger partial charge in [0.2, 0.25) is 11.8 Å². The first-order valence-electron chi connectivity index (χ1n) is 17.4. The molecule has 4 amide bonds. The van der Waals surface area contributed by atoms with Crippen LogP contribution in [0.25, 0.3) is 22.0 Å². The third-order valence-corrected chi connectivity index (χ3v) is 11.1. The normalized spacial score (nSPS) is 27.8. The summed E-state index contributed by atoms with van der Waals surface area (Å²) in [7, 11) is 1.60. The van der Waals surface area contributed by atoms with Gasteiger partial charge in [0, 0.05) is 49.1 Å². The number of benzene rings is 1. The number of hydrogen-bond acceptors (Lipinski definition) is 9. The molecule has 5 atom stereocenters. The molecule has 2 saturated heterocycles. The average Bonchev–Trinajstić information content (AvgIpc) is 3.77. The van der Waals surface area contributed by atoms with E-state index < -0.39 is 35.5 Å². The Morgan fingerprint density at radius 3 is 2.56 bits per heavy atom. The highest BCUT2D eigenvalue weighted by Gasteiger charge is 2.61. The number of allylic oxidation sites excluding steroid dienone is 1. The van der Waals surface area contributed by atoms with Crippen LogP contribution in [0.5, 0.6) is 5.75 Å².